The Bertz CT molecular complexity index is 969. The Morgan fingerprint density at radius 1 is 1.28 bits per heavy atom. The van der Waals surface area contributed by atoms with Gasteiger partial charge >= 0.3 is 0 Å². The second-order valence-electron chi connectivity index (χ2n) is 6.54. The van der Waals surface area contributed by atoms with Crippen LogP contribution in [0.4, 0.5) is 0 Å². The predicted molar refractivity (Wildman–Crippen MR) is 95.2 cm³/mol. The number of aromatic nitrogens is 3. The van der Waals surface area contributed by atoms with Gasteiger partial charge in [0.2, 0.25) is 5.91 Å². The van der Waals surface area contributed by atoms with Gasteiger partial charge in [-0.3, -0.25) is 9.59 Å². The number of benzene rings is 1. The molecule has 1 aromatic carbocycles. The molecule has 0 aliphatic carbocycles. The molecule has 1 aliphatic heterocycles. The summed E-state index contributed by atoms with van der Waals surface area (Å²) in [7, 11) is 1.74. The molecule has 3 heterocycles. The molecule has 2 aromatic heterocycles. The van der Waals surface area contributed by atoms with Crippen LogP contribution >= 0.6 is 0 Å². The summed E-state index contributed by atoms with van der Waals surface area (Å²) >= 11 is 0. The molecular formula is C19H20N4O2. The molecule has 0 saturated carbocycles. The van der Waals surface area contributed by atoms with Crippen LogP contribution in [0.5, 0.6) is 0 Å². The molecule has 0 atom stereocenters. The number of H-pyrrole nitrogens is 1. The van der Waals surface area contributed by atoms with Crippen LogP contribution in [-0.4, -0.2) is 31.9 Å². The van der Waals surface area contributed by atoms with Crippen LogP contribution in [0.3, 0.4) is 0 Å². The zero-order valence-corrected chi connectivity index (χ0v) is 14.2. The Morgan fingerprint density at radius 3 is 2.96 bits per heavy atom. The highest BCUT2D eigenvalue weighted by Crippen LogP contribution is 2.18. The van der Waals surface area contributed by atoms with E-state index in [9.17, 15) is 9.59 Å². The molecule has 0 fully saturated rings. The number of para-hydroxylation sites is 2. The zero-order valence-electron chi connectivity index (χ0n) is 14.2. The molecule has 1 N–H and O–H groups in total. The van der Waals surface area contributed by atoms with E-state index in [2.05, 4.69) is 9.97 Å². The monoisotopic (exact) mass is 336 g/mol. The summed E-state index contributed by atoms with van der Waals surface area (Å²) in [5, 5.41) is 0. The highest BCUT2D eigenvalue weighted by atomic mass is 16.2. The first-order valence-electron chi connectivity index (χ1n) is 8.50. The molecule has 0 saturated heterocycles. The van der Waals surface area contributed by atoms with E-state index in [1.165, 1.54) is 0 Å². The van der Waals surface area contributed by atoms with Gasteiger partial charge in [-0.15, -0.1) is 0 Å². The van der Waals surface area contributed by atoms with E-state index < -0.39 is 0 Å². The SMILES string of the molecule is Cn1cc2c(cc1=O)CCN(C(=O)CCc1nc3ccccc3[nH]1)C2. The highest BCUT2D eigenvalue weighted by Gasteiger charge is 2.21. The predicted octanol–water partition coefficient (Wildman–Crippen LogP) is 1.78. The topological polar surface area (TPSA) is 71.0 Å². The number of imidazole rings is 1. The van der Waals surface area contributed by atoms with E-state index in [0.717, 1.165) is 34.4 Å². The first-order chi connectivity index (χ1) is 12.1. The summed E-state index contributed by atoms with van der Waals surface area (Å²) < 4.78 is 1.57. The van der Waals surface area contributed by atoms with Crippen molar-refractivity contribution >= 4 is 16.9 Å². The van der Waals surface area contributed by atoms with Crippen LogP contribution in [-0.2, 0) is 31.2 Å². The molecule has 128 valence electrons. The number of carbonyl (C=O) groups is 1. The Labute approximate surface area is 145 Å². The number of aromatic amines is 1. The van der Waals surface area contributed by atoms with Gasteiger partial charge in [0.15, 0.2) is 0 Å². The van der Waals surface area contributed by atoms with Gasteiger partial charge in [0, 0.05) is 45.2 Å². The van der Waals surface area contributed by atoms with Crippen molar-refractivity contribution in [3.8, 4) is 0 Å². The second kappa shape index (κ2) is 6.20. The normalized spacial score (nSPS) is 13.9. The van der Waals surface area contributed by atoms with Gasteiger partial charge in [0.25, 0.3) is 5.56 Å². The summed E-state index contributed by atoms with van der Waals surface area (Å²) in [6.07, 6.45) is 3.61. The molecule has 0 unspecified atom stereocenters. The maximum absolute atomic E-state index is 12.6. The molecule has 4 rings (SSSR count). The number of nitrogens with zero attached hydrogens (tertiary/aromatic N) is 3. The van der Waals surface area contributed by atoms with Crippen LogP contribution in [0.1, 0.15) is 23.4 Å². The fourth-order valence-electron chi connectivity index (χ4n) is 3.36. The summed E-state index contributed by atoms with van der Waals surface area (Å²) in [5.74, 6) is 0.967. The molecule has 0 bridgehead atoms. The number of fused-ring (bicyclic) bond motifs is 2. The highest BCUT2D eigenvalue weighted by molar-refractivity contribution is 5.77. The summed E-state index contributed by atoms with van der Waals surface area (Å²) in [6, 6.07) is 9.55. The summed E-state index contributed by atoms with van der Waals surface area (Å²) in [4.78, 5) is 33.9. The van der Waals surface area contributed by atoms with E-state index in [1.807, 2.05) is 35.4 Å². The van der Waals surface area contributed by atoms with Crippen molar-refractivity contribution in [2.24, 2.45) is 7.05 Å². The Hall–Kier alpha value is -2.89. The largest absolute Gasteiger partial charge is 0.342 e. The van der Waals surface area contributed by atoms with Gasteiger partial charge in [0.1, 0.15) is 5.82 Å². The molecule has 6 heteroatoms. The van der Waals surface area contributed by atoms with E-state index in [0.29, 0.717) is 25.9 Å². The maximum Gasteiger partial charge on any atom is 0.250 e. The Balaban J connectivity index is 1.43. The molecule has 1 aliphatic rings. The number of amides is 1. The quantitative estimate of drug-likeness (QED) is 0.792. The average molecular weight is 336 g/mol. The first-order valence-corrected chi connectivity index (χ1v) is 8.50. The second-order valence-corrected chi connectivity index (χ2v) is 6.54. The lowest BCUT2D eigenvalue weighted by Crippen LogP contribution is -2.37. The first kappa shape index (κ1) is 15.6. The molecule has 0 spiro atoms. The van der Waals surface area contributed by atoms with Crippen LogP contribution < -0.4 is 5.56 Å². The van der Waals surface area contributed by atoms with Crippen molar-refractivity contribution in [2.45, 2.75) is 25.8 Å². The number of pyridine rings is 1. The number of nitrogens with one attached hydrogen (secondary N) is 1. The molecular weight excluding hydrogens is 316 g/mol. The summed E-state index contributed by atoms with van der Waals surface area (Å²) in [6.45, 7) is 1.24. The fraction of sp³-hybridized carbons (Fsp3) is 0.316. The third kappa shape index (κ3) is 3.07. The smallest absolute Gasteiger partial charge is 0.250 e. The standard InChI is InChI=1S/C19H20N4O2/c1-22-11-14-12-23(9-8-13(14)10-19(22)25)18(24)7-6-17-20-15-4-2-3-5-16(15)21-17/h2-5,10-11H,6-9,12H2,1H3,(H,20,21). The van der Waals surface area contributed by atoms with Gasteiger partial charge in [-0.1, -0.05) is 12.1 Å². The van der Waals surface area contributed by atoms with Crippen molar-refractivity contribution in [3.63, 3.8) is 0 Å². The van der Waals surface area contributed by atoms with Crippen LogP contribution in [0.25, 0.3) is 11.0 Å². The van der Waals surface area contributed by atoms with Crippen molar-refractivity contribution < 1.29 is 4.79 Å². The van der Waals surface area contributed by atoms with Crippen molar-refractivity contribution in [1.29, 1.82) is 0 Å². The lowest BCUT2D eigenvalue weighted by atomic mass is 10.0. The molecule has 1 amide bonds. The van der Waals surface area contributed by atoms with Gasteiger partial charge in [-0.2, -0.15) is 0 Å². The van der Waals surface area contributed by atoms with Crippen molar-refractivity contribution in [3.05, 3.63) is 63.8 Å². The number of carbonyl (C=O) groups excluding carboxylic acids is 1. The third-order valence-electron chi connectivity index (χ3n) is 4.79. The van der Waals surface area contributed by atoms with Gasteiger partial charge in [-0.05, 0) is 29.7 Å². The molecule has 25 heavy (non-hydrogen) atoms. The minimum Gasteiger partial charge on any atom is -0.342 e. The third-order valence-corrected chi connectivity index (χ3v) is 4.79. The van der Waals surface area contributed by atoms with E-state index in [-0.39, 0.29) is 11.5 Å². The van der Waals surface area contributed by atoms with Crippen LogP contribution in [0.15, 0.2) is 41.3 Å². The van der Waals surface area contributed by atoms with Gasteiger partial charge < -0.3 is 14.5 Å². The van der Waals surface area contributed by atoms with Crippen molar-refractivity contribution in [1.82, 2.24) is 19.4 Å². The average Bonchev–Trinajstić information content (AvgIpc) is 3.03. The number of hydrogen-bond donors (Lipinski definition) is 1. The van der Waals surface area contributed by atoms with Gasteiger partial charge in [-0.25, -0.2) is 4.98 Å². The molecule has 0 radical (unpaired) electrons. The summed E-state index contributed by atoms with van der Waals surface area (Å²) in [5.41, 5.74) is 4.05. The lowest BCUT2D eigenvalue weighted by molar-refractivity contribution is -0.132. The molecule has 6 nitrogen and oxygen atoms in total. The minimum atomic E-state index is 0.00316. The Kier molecular flexibility index (Phi) is 3.87. The van der Waals surface area contributed by atoms with Crippen molar-refractivity contribution in [2.75, 3.05) is 6.54 Å². The minimum absolute atomic E-state index is 0.00316. The lowest BCUT2D eigenvalue weighted by Gasteiger charge is -2.29. The van der Waals surface area contributed by atoms with Gasteiger partial charge in [0.05, 0.1) is 11.0 Å². The number of aryl methyl sites for hydroxylation is 2. The van der Waals surface area contributed by atoms with Crippen LogP contribution in [0, 0.1) is 0 Å². The van der Waals surface area contributed by atoms with E-state index in [1.54, 1.807) is 17.7 Å². The number of hydrogen-bond acceptors (Lipinski definition) is 3. The molecule has 3 aromatic rings. The van der Waals surface area contributed by atoms with E-state index in [4.69, 9.17) is 0 Å². The maximum atomic E-state index is 12.6. The zero-order chi connectivity index (χ0) is 17.4. The van der Waals surface area contributed by atoms with E-state index >= 15 is 0 Å². The Morgan fingerprint density at radius 2 is 2.12 bits per heavy atom. The van der Waals surface area contributed by atoms with Crippen LogP contribution in [0.2, 0.25) is 0 Å². The fourth-order valence-corrected chi connectivity index (χ4v) is 3.36. The number of rotatable bonds is 3.